The third-order valence-corrected chi connectivity index (χ3v) is 10.1. The third kappa shape index (κ3) is 1.56. The van der Waals surface area contributed by atoms with Crippen molar-refractivity contribution in [2.75, 3.05) is 0 Å². The number of carboxylic acids is 1. The van der Waals surface area contributed by atoms with Crippen LogP contribution in [-0.4, -0.2) is 28.1 Å². The van der Waals surface area contributed by atoms with Crippen LogP contribution in [0.1, 0.15) is 71.6 Å². The molecule has 0 aromatic heterocycles. The Bertz CT molecular complexity index is 673. The molecule has 25 heavy (non-hydrogen) atoms. The molecule has 5 saturated carbocycles. The molecule has 0 saturated heterocycles. The molecule has 4 nitrogen and oxygen atoms in total. The lowest BCUT2D eigenvalue weighted by Gasteiger charge is -2.61. The first-order valence-electron chi connectivity index (χ1n) is 10.1. The van der Waals surface area contributed by atoms with E-state index in [2.05, 4.69) is 13.8 Å². The Morgan fingerprint density at radius 3 is 2.64 bits per heavy atom. The van der Waals surface area contributed by atoms with Crippen molar-refractivity contribution in [1.29, 1.82) is 0 Å². The number of hydrogen-bond acceptors (Lipinski definition) is 3. The molecule has 0 radical (unpaired) electrons. The van der Waals surface area contributed by atoms with Crippen LogP contribution in [0.15, 0.2) is 0 Å². The molecule has 2 N–H and O–H groups in total. The van der Waals surface area contributed by atoms with Crippen molar-refractivity contribution >= 4 is 11.8 Å². The lowest BCUT2D eigenvalue weighted by molar-refractivity contribution is -0.179. The minimum atomic E-state index is -0.676. The monoisotopic (exact) mass is 346 g/mol. The van der Waals surface area contributed by atoms with Crippen molar-refractivity contribution in [3.63, 3.8) is 0 Å². The maximum Gasteiger partial charge on any atom is 0.307 e. The molecule has 8 atom stereocenters. The van der Waals surface area contributed by atoms with Crippen molar-refractivity contribution < 1.29 is 19.8 Å². The van der Waals surface area contributed by atoms with Gasteiger partial charge in [-0.15, -0.1) is 0 Å². The van der Waals surface area contributed by atoms with E-state index in [0.29, 0.717) is 36.9 Å². The van der Waals surface area contributed by atoms with E-state index in [9.17, 15) is 19.8 Å². The number of aliphatic carboxylic acids is 1. The van der Waals surface area contributed by atoms with Crippen LogP contribution in [0.25, 0.3) is 0 Å². The molecule has 0 bridgehead atoms. The predicted molar refractivity (Wildman–Crippen MR) is 91.8 cm³/mol. The molecule has 138 valence electrons. The molecule has 0 amide bonds. The van der Waals surface area contributed by atoms with Gasteiger partial charge in [0.25, 0.3) is 0 Å². The number of fused-ring (bicyclic) bond motifs is 2. The predicted octanol–water partition coefficient (Wildman–Crippen LogP) is 3.41. The van der Waals surface area contributed by atoms with Crippen molar-refractivity contribution in [2.45, 2.75) is 77.7 Å². The van der Waals surface area contributed by atoms with E-state index in [-0.39, 0.29) is 27.6 Å². The smallest absolute Gasteiger partial charge is 0.307 e. The first kappa shape index (κ1) is 16.3. The van der Waals surface area contributed by atoms with Crippen molar-refractivity contribution in [3.05, 3.63) is 0 Å². The van der Waals surface area contributed by atoms with Crippen molar-refractivity contribution in [2.24, 2.45) is 39.4 Å². The van der Waals surface area contributed by atoms with Gasteiger partial charge in [0, 0.05) is 18.3 Å². The number of aliphatic hydroxyl groups is 1. The summed E-state index contributed by atoms with van der Waals surface area (Å²) >= 11 is 0. The van der Waals surface area contributed by atoms with Gasteiger partial charge < -0.3 is 10.2 Å². The second-order valence-corrected chi connectivity index (χ2v) is 10.4. The molecule has 8 unspecified atom stereocenters. The summed E-state index contributed by atoms with van der Waals surface area (Å²) in [6, 6.07) is 0. The van der Waals surface area contributed by atoms with E-state index in [1.807, 2.05) is 0 Å². The van der Waals surface area contributed by atoms with Crippen molar-refractivity contribution in [1.82, 2.24) is 0 Å². The van der Waals surface area contributed by atoms with E-state index in [1.54, 1.807) is 0 Å². The minimum Gasteiger partial charge on any atom is -0.481 e. The van der Waals surface area contributed by atoms with Crippen LogP contribution in [0, 0.1) is 39.4 Å². The second kappa shape index (κ2) is 4.49. The first-order chi connectivity index (χ1) is 11.7. The van der Waals surface area contributed by atoms with Crippen LogP contribution in [-0.2, 0) is 9.59 Å². The number of ketones is 1. The zero-order valence-electron chi connectivity index (χ0n) is 15.4. The van der Waals surface area contributed by atoms with Gasteiger partial charge in [0.1, 0.15) is 5.78 Å². The Morgan fingerprint density at radius 1 is 1.16 bits per heavy atom. The fourth-order valence-electron chi connectivity index (χ4n) is 9.04. The van der Waals surface area contributed by atoms with Gasteiger partial charge in [-0.05, 0) is 73.0 Å². The van der Waals surface area contributed by atoms with Gasteiger partial charge >= 0.3 is 5.97 Å². The molecule has 5 fully saturated rings. The highest BCUT2D eigenvalue weighted by atomic mass is 16.4. The van der Waals surface area contributed by atoms with Gasteiger partial charge in [-0.2, -0.15) is 0 Å². The quantitative estimate of drug-likeness (QED) is 0.763. The molecule has 4 heteroatoms. The molecule has 0 aromatic carbocycles. The zero-order chi connectivity index (χ0) is 17.8. The molecule has 5 aliphatic carbocycles. The summed E-state index contributed by atoms with van der Waals surface area (Å²) in [5.74, 6) is 0.262. The Kier molecular flexibility index (Phi) is 2.93. The maximum atomic E-state index is 12.0. The molecular weight excluding hydrogens is 316 g/mol. The Balaban J connectivity index is 1.59. The highest BCUT2D eigenvalue weighted by Crippen LogP contribution is 2.89. The number of carboxylic acid groups (broad SMARTS) is 1. The molecule has 0 spiro atoms. The maximum absolute atomic E-state index is 12.0. The number of carbonyl (C=O) groups excluding carboxylic acids is 1. The Labute approximate surface area is 149 Å². The fraction of sp³-hybridized carbons (Fsp3) is 0.905. The summed E-state index contributed by atoms with van der Waals surface area (Å²) in [5, 5.41) is 21.1. The normalized spacial score (nSPS) is 59.4. The summed E-state index contributed by atoms with van der Waals surface area (Å²) in [7, 11) is 0. The van der Waals surface area contributed by atoms with E-state index < -0.39 is 12.1 Å². The molecular formula is C21H30O4. The summed E-state index contributed by atoms with van der Waals surface area (Å²) in [4.78, 5) is 23.9. The highest BCUT2D eigenvalue weighted by Gasteiger charge is 2.86. The van der Waals surface area contributed by atoms with E-state index in [1.165, 1.54) is 0 Å². The number of rotatable bonds is 1. The molecule has 0 aromatic rings. The SMILES string of the molecule is CC12CC(O)C34CC3(CCC3CC(=O)CCC34C)C1CCC2C(=O)O. The number of hydrogen-bond donors (Lipinski definition) is 2. The molecule has 5 aliphatic rings. The van der Waals surface area contributed by atoms with Crippen molar-refractivity contribution in [3.8, 4) is 0 Å². The van der Waals surface area contributed by atoms with E-state index >= 15 is 0 Å². The first-order valence-corrected chi connectivity index (χ1v) is 10.1. The van der Waals surface area contributed by atoms with Gasteiger partial charge in [-0.25, -0.2) is 0 Å². The average Bonchev–Trinajstić information content (AvgIpc) is 3.14. The highest BCUT2D eigenvalue weighted by molar-refractivity contribution is 5.80. The number of aliphatic hydroxyl groups excluding tert-OH is 1. The molecule has 0 heterocycles. The molecule has 0 aliphatic heterocycles. The second-order valence-electron chi connectivity index (χ2n) is 10.4. The summed E-state index contributed by atoms with van der Waals surface area (Å²) in [6.45, 7) is 4.49. The van der Waals surface area contributed by atoms with E-state index in [4.69, 9.17) is 0 Å². The van der Waals surface area contributed by atoms with Gasteiger partial charge in [-0.3, -0.25) is 9.59 Å². The van der Waals surface area contributed by atoms with Crippen LogP contribution in [0.4, 0.5) is 0 Å². The molecule has 5 rings (SSSR count). The topological polar surface area (TPSA) is 74.6 Å². The van der Waals surface area contributed by atoms with Crippen LogP contribution in [0.2, 0.25) is 0 Å². The van der Waals surface area contributed by atoms with Gasteiger partial charge in [0.15, 0.2) is 0 Å². The Hall–Kier alpha value is -0.900. The van der Waals surface area contributed by atoms with Crippen LogP contribution in [0.3, 0.4) is 0 Å². The van der Waals surface area contributed by atoms with Gasteiger partial charge in [0.05, 0.1) is 12.0 Å². The lowest BCUT2D eigenvalue weighted by atomic mass is 9.44. The summed E-state index contributed by atoms with van der Waals surface area (Å²) < 4.78 is 0. The summed E-state index contributed by atoms with van der Waals surface area (Å²) in [5.41, 5.74) is -0.128. The average molecular weight is 346 g/mol. The largest absolute Gasteiger partial charge is 0.481 e. The van der Waals surface area contributed by atoms with E-state index in [0.717, 1.165) is 38.5 Å². The van der Waals surface area contributed by atoms with Crippen LogP contribution in [0.5, 0.6) is 0 Å². The zero-order valence-corrected chi connectivity index (χ0v) is 15.4. The lowest BCUT2D eigenvalue weighted by Crippen LogP contribution is -2.59. The van der Waals surface area contributed by atoms with Gasteiger partial charge in [-0.1, -0.05) is 13.8 Å². The minimum absolute atomic E-state index is 0.0544. The van der Waals surface area contributed by atoms with Crippen LogP contribution >= 0.6 is 0 Å². The van der Waals surface area contributed by atoms with Crippen LogP contribution < -0.4 is 0 Å². The number of carbonyl (C=O) groups is 2. The standard InChI is InChI=1S/C21H30O4/c1-18-10-16(23)21-11-20(21,15(18)4-3-14(18)17(24)25)8-5-12-9-13(22)6-7-19(12,21)2/h12,14-16,23H,3-11H2,1-2H3,(H,24,25). The summed E-state index contributed by atoms with van der Waals surface area (Å²) in [6.07, 6.45) is 7.50. The fourth-order valence-corrected chi connectivity index (χ4v) is 9.04. The Morgan fingerprint density at radius 2 is 1.92 bits per heavy atom. The van der Waals surface area contributed by atoms with Gasteiger partial charge in [0.2, 0.25) is 0 Å². The third-order valence-electron chi connectivity index (χ3n) is 10.1. The number of Topliss-reactive ketones (excluding diaryl/α,β-unsaturated/α-hetero) is 1.